The Kier molecular flexibility index (Phi) is 5.65. The van der Waals surface area contributed by atoms with E-state index in [0.29, 0.717) is 22.2 Å². The number of nitrogens with one attached hydrogen (secondary N) is 1. The summed E-state index contributed by atoms with van der Waals surface area (Å²) in [5, 5.41) is 5.34. The highest BCUT2D eigenvalue weighted by Gasteiger charge is 2.36. The molecule has 2 heterocycles. The SMILES string of the molecule is COc1cccc(OC)c1C(=O)N1CC(=O)Nc2ccc(Cl)cc2C1c1cccs1. The lowest BCUT2D eigenvalue weighted by Crippen LogP contribution is -2.39. The predicted octanol–water partition coefficient (Wildman–Crippen LogP) is 4.60. The number of hydrogen-bond donors (Lipinski definition) is 1. The summed E-state index contributed by atoms with van der Waals surface area (Å²) in [6, 6.07) is 13.7. The fourth-order valence-corrected chi connectivity index (χ4v) is 4.66. The molecule has 0 bridgehead atoms. The largest absolute Gasteiger partial charge is 0.496 e. The summed E-state index contributed by atoms with van der Waals surface area (Å²) >= 11 is 7.79. The predicted molar refractivity (Wildman–Crippen MR) is 117 cm³/mol. The summed E-state index contributed by atoms with van der Waals surface area (Å²) < 4.78 is 10.9. The molecule has 1 unspecified atom stereocenters. The Labute approximate surface area is 183 Å². The average Bonchev–Trinajstić information content (AvgIpc) is 3.23. The van der Waals surface area contributed by atoms with Gasteiger partial charge in [-0.1, -0.05) is 23.7 Å². The first-order valence-corrected chi connectivity index (χ1v) is 10.4. The lowest BCUT2D eigenvalue weighted by Gasteiger charge is -2.30. The van der Waals surface area contributed by atoms with E-state index in [1.54, 1.807) is 36.4 Å². The summed E-state index contributed by atoms with van der Waals surface area (Å²) in [5.74, 6) is 0.0889. The van der Waals surface area contributed by atoms with Crippen molar-refractivity contribution in [3.63, 3.8) is 0 Å². The Bertz CT molecular complexity index is 1080. The van der Waals surface area contributed by atoms with Crippen molar-refractivity contribution in [3.05, 3.63) is 74.9 Å². The van der Waals surface area contributed by atoms with Crippen LogP contribution in [0.3, 0.4) is 0 Å². The van der Waals surface area contributed by atoms with Crippen molar-refractivity contribution >= 4 is 40.4 Å². The summed E-state index contributed by atoms with van der Waals surface area (Å²) in [6.45, 7) is -0.130. The summed E-state index contributed by atoms with van der Waals surface area (Å²) in [6.07, 6.45) is 0. The van der Waals surface area contributed by atoms with Crippen LogP contribution in [0.4, 0.5) is 5.69 Å². The highest BCUT2D eigenvalue weighted by molar-refractivity contribution is 7.10. The molecule has 1 aliphatic rings. The molecule has 1 aliphatic heterocycles. The Balaban J connectivity index is 1.91. The average molecular weight is 443 g/mol. The van der Waals surface area contributed by atoms with Crippen LogP contribution >= 0.6 is 22.9 Å². The maximum absolute atomic E-state index is 13.8. The molecule has 0 saturated heterocycles. The number of methoxy groups -OCH3 is 2. The zero-order valence-corrected chi connectivity index (χ0v) is 17.9. The molecule has 6 nitrogen and oxygen atoms in total. The molecule has 0 radical (unpaired) electrons. The van der Waals surface area contributed by atoms with E-state index in [-0.39, 0.29) is 23.9 Å². The van der Waals surface area contributed by atoms with Crippen molar-refractivity contribution in [1.29, 1.82) is 0 Å². The quantitative estimate of drug-likeness (QED) is 0.641. The molecule has 4 rings (SSSR count). The normalized spacial score (nSPS) is 15.8. The van der Waals surface area contributed by atoms with Gasteiger partial charge in [0.15, 0.2) is 0 Å². The van der Waals surface area contributed by atoms with Crippen molar-refractivity contribution in [2.24, 2.45) is 0 Å². The van der Waals surface area contributed by atoms with Gasteiger partial charge in [-0.3, -0.25) is 9.59 Å². The van der Waals surface area contributed by atoms with Gasteiger partial charge < -0.3 is 19.7 Å². The number of amides is 2. The first-order valence-electron chi connectivity index (χ1n) is 9.18. The van der Waals surface area contributed by atoms with Gasteiger partial charge in [0.05, 0.1) is 20.3 Å². The molecule has 30 heavy (non-hydrogen) atoms. The number of carbonyl (C=O) groups excluding carboxylic acids is 2. The van der Waals surface area contributed by atoms with Crippen LogP contribution in [-0.4, -0.2) is 37.5 Å². The van der Waals surface area contributed by atoms with Gasteiger partial charge in [-0.2, -0.15) is 0 Å². The van der Waals surface area contributed by atoms with Gasteiger partial charge in [0.25, 0.3) is 5.91 Å². The summed E-state index contributed by atoms with van der Waals surface area (Å²) in [4.78, 5) is 29.0. The van der Waals surface area contributed by atoms with Crippen LogP contribution in [0.1, 0.15) is 26.8 Å². The third-order valence-electron chi connectivity index (χ3n) is 4.92. The van der Waals surface area contributed by atoms with Crippen molar-refractivity contribution < 1.29 is 19.1 Å². The van der Waals surface area contributed by atoms with Crippen LogP contribution < -0.4 is 14.8 Å². The van der Waals surface area contributed by atoms with E-state index >= 15 is 0 Å². The monoisotopic (exact) mass is 442 g/mol. The third-order valence-corrected chi connectivity index (χ3v) is 6.08. The lowest BCUT2D eigenvalue weighted by atomic mass is 10.0. The second kappa shape index (κ2) is 8.38. The minimum absolute atomic E-state index is 0.130. The number of nitrogens with zero attached hydrogens (tertiary/aromatic N) is 1. The Morgan fingerprint density at radius 1 is 1.13 bits per heavy atom. The zero-order valence-electron chi connectivity index (χ0n) is 16.3. The number of hydrogen-bond acceptors (Lipinski definition) is 5. The number of fused-ring (bicyclic) bond motifs is 1. The van der Waals surface area contributed by atoms with Gasteiger partial charge in [-0.25, -0.2) is 0 Å². The molecule has 0 aliphatic carbocycles. The van der Waals surface area contributed by atoms with E-state index < -0.39 is 6.04 Å². The molecular formula is C22H19ClN2O4S. The van der Waals surface area contributed by atoms with Crippen molar-refractivity contribution in [2.75, 3.05) is 26.1 Å². The Morgan fingerprint density at radius 2 is 1.87 bits per heavy atom. The van der Waals surface area contributed by atoms with Gasteiger partial charge in [0.1, 0.15) is 23.6 Å². The first-order chi connectivity index (χ1) is 14.5. The van der Waals surface area contributed by atoms with E-state index in [2.05, 4.69) is 5.32 Å². The molecule has 0 spiro atoms. The van der Waals surface area contributed by atoms with Crippen molar-refractivity contribution in [1.82, 2.24) is 4.90 Å². The number of ether oxygens (including phenoxy) is 2. The molecular weight excluding hydrogens is 424 g/mol. The molecule has 0 fully saturated rings. The van der Waals surface area contributed by atoms with Crippen LogP contribution in [-0.2, 0) is 4.79 Å². The van der Waals surface area contributed by atoms with Crippen LogP contribution in [0.15, 0.2) is 53.9 Å². The number of halogens is 1. The molecule has 154 valence electrons. The highest BCUT2D eigenvalue weighted by Crippen LogP contribution is 2.41. The summed E-state index contributed by atoms with van der Waals surface area (Å²) in [7, 11) is 2.99. The van der Waals surface area contributed by atoms with Gasteiger partial charge >= 0.3 is 0 Å². The van der Waals surface area contributed by atoms with Crippen LogP contribution in [0.2, 0.25) is 5.02 Å². The molecule has 1 atom stereocenters. The topological polar surface area (TPSA) is 67.9 Å². The fourth-order valence-electron chi connectivity index (χ4n) is 3.63. The number of rotatable bonds is 4. The number of carbonyl (C=O) groups is 2. The molecule has 1 N–H and O–H groups in total. The summed E-state index contributed by atoms with van der Waals surface area (Å²) in [5.41, 5.74) is 1.64. The Hall–Kier alpha value is -3.03. The van der Waals surface area contributed by atoms with Gasteiger partial charge in [-0.15, -0.1) is 11.3 Å². The number of benzene rings is 2. The van der Waals surface area contributed by atoms with E-state index in [4.69, 9.17) is 21.1 Å². The fraction of sp³-hybridized carbons (Fsp3) is 0.182. The molecule has 2 aromatic carbocycles. The van der Waals surface area contributed by atoms with E-state index in [1.807, 2.05) is 17.5 Å². The van der Waals surface area contributed by atoms with Crippen molar-refractivity contribution in [3.8, 4) is 11.5 Å². The number of anilines is 1. The second-order valence-electron chi connectivity index (χ2n) is 6.67. The molecule has 0 saturated carbocycles. The molecule has 3 aromatic rings. The molecule has 8 heteroatoms. The third kappa shape index (κ3) is 3.62. The molecule has 1 aromatic heterocycles. The smallest absolute Gasteiger partial charge is 0.262 e. The van der Waals surface area contributed by atoms with Crippen molar-refractivity contribution in [2.45, 2.75) is 6.04 Å². The van der Waals surface area contributed by atoms with Gasteiger partial charge in [0.2, 0.25) is 5.91 Å². The van der Waals surface area contributed by atoms with E-state index in [1.165, 1.54) is 30.5 Å². The van der Waals surface area contributed by atoms with Crippen LogP contribution in [0.25, 0.3) is 0 Å². The van der Waals surface area contributed by atoms with Crippen LogP contribution in [0, 0.1) is 0 Å². The van der Waals surface area contributed by atoms with E-state index in [9.17, 15) is 9.59 Å². The van der Waals surface area contributed by atoms with Gasteiger partial charge in [0, 0.05) is 21.2 Å². The second-order valence-corrected chi connectivity index (χ2v) is 8.08. The number of thiophene rings is 1. The maximum atomic E-state index is 13.8. The Morgan fingerprint density at radius 3 is 2.50 bits per heavy atom. The van der Waals surface area contributed by atoms with E-state index in [0.717, 1.165) is 10.4 Å². The minimum atomic E-state index is -0.500. The minimum Gasteiger partial charge on any atom is -0.496 e. The zero-order chi connectivity index (χ0) is 21.3. The standard InChI is InChI=1S/C22H19ClN2O4S/c1-28-16-5-3-6-17(29-2)20(16)22(27)25-12-19(26)24-15-9-8-13(23)11-14(15)21(25)18-7-4-10-30-18/h3-11,21H,12H2,1-2H3,(H,24,26). The molecule has 2 amide bonds. The van der Waals surface area contributed by atoms with Gasteiger partial charge in [-0.05, 0) is 41.8 Å². The first kappa shape index (κ1) is 20.3. The maximum Gasteiger partial charge on any atom is 0.262 e. The lowest BCUT2D eigenvalue weighted by molar-refractivity contribution is -0.117. The highest BCUT2D eigenvalue weighted by atomic mass is 35.5. The van der Waals surface area contributed by atoms with Crippen LogP contribution in [0.5, 0.6) is 11.5 Å².